The number of aliphatic hydroxyl groups excluding tert-OH is 1. The molecule has 0 amide bonds. The molecule has 1 N–H and O–H groups in total. The molecule has 124 valence electrons. The summed E-state index contributed by atoms with van der Waals surface area (Å²) >= 11 is 0. The van der Waals surface area contributed by atoms with Crippen LogP contribution >= 0.6 is 9.24 Å². The van der Waals surface area contributed by atoms with Gasteiger partial charge in [0.15, 0.2) is 0 Å². The predicted octanol–water partition coefficient (Wildman–Crippen LogP) is 1.83. The highest BCUT2D eigenvalue weighted by Crippen LogP contribution is 2.29. The molecule has 1 unspecified atom stereocenters. The van der Waals surface area contributed by atoms with Crippen LogP contribution in [0, 0.1) is 0 Å². The minimum atomic E-state index is -0.410. The van der Waals surface area contributed by atoms with Crippen LogP contribution in [0.3, 0.4) is 0 Å². The fourth-order valence-corrected chi connectivity index (χ4v) is 3.14. The highest BCUT2D eigenvalue weighted by atomic mass is 31.0. The van der Waals surface area contributed by atoms with Gasteiger partial charge in [-0.25, -0.2) is 4.79 Å². The topological polar surface area (TPSA) is 77.5 Å². The zero-order valence-electron chi connectivity index (χ0n) is 12.9. The lowest BCUT2D eigenvalue weighted by atomic mass is 10.2. The molecular weight excluding hydrogens is 327 g/mol. The summed E-state index contributed by atoms with van der Waals surface area (Å²) < 4.78 is 12.9. The van der Waals surface area contributed by atoms with Gasteiger partial charge in [-0.15, -0.1) is 9.24 Å². The molecule has 1 aliphatic rings. The molecule has 1 aliphatic heterocycles. The van der Waals surface area contributed by atoms with Gasteiger partial charge in [0.05, 0.1) is 18.1 Å². The van der Waals surface area contributed by atoms with Crippen molar-refractivity contribution in [3.63, 3.8) is 0 Å². The molecule has 0 radical (unpaired) electrons. The number of hydrogen-bond donors (Lipinski definition) is 1. The SMILES string of the molecule is O=c1nc2oc(-c3ccc(P)cc3)cc2cn1[C@H]1CC[C@@H](CO)O1. The third kappa shape index (κ3) is 2.77. The molecule has 4 rings (SSSR count). The van der Waals surface area contributed by atoms with E-state index in [4.69, 9.17) is 9.15 Å². The normalized spacial score (nSPS) is 20.8. The Morgan fingerprint density at radius 1 is 1.29 bits per heavy atom. The minimum absolute atomic E-state index is 0.0392. The fourth-order valence-electron chi connectivity index (χ4n) is 2.95. The maximum absolute atomic E-state index is 12.3. The Labute approximate surface area is 140 Å². The zero-order chi connectivity index (χ0) is 16.7. The summed E-state index contributed by atoms with van der Waals surface area (Å²) in [6, 6.07) is 9.73. The molecule has 6 nitrogen and oxygen atoms in total. The molecule has 0 spiro atoms. The van der Waals surface area contributed by atoms with Gasteiger partial charge in [0, 0.05) is 11.8 Å². The second kappa shape index (κ2) is 6.13. The summed E-state index contributed by atoms with van der Waals surface area (Å²) in [6.07, 6.45) is 2.51. The quantitative estimate of drug-likeness (QED) is 0.734. The molecule has 3 heterocycles. The van der Waals surface area contributed by atoms with E-state index >= 15 is 0 Å². The van der Waals surface area contributed by atoms with Crippen LogP contribution in [0.15, 0.2) is 45.7 Å². The van der Waals surface area contributed by atoms with E-state index in [-0.39, 0.29) is 18.9 Å². The number of aromatic nitrogens is 2. The summed E-state index contributed by atoms with van der Waals surface area (Å²) in [5.41, 5.74) is 0.834. The maximum atomic E-state index is 12.3. The number of ether oxygens (including phenoxy) is 1. The van der Waals surface area contributed by atoms with E-state index < -0.39 is 5.69 Å². The van der Waals surface area contributed by atoms with Crippen molar-refractivity contribution in [2.45, 2.75) is 25.2 Å². The summed E-state index contributed by atoms with van der Waals surface area (Å²) in [5, 5.41) is 11.0. The van der Waals surface area contributed by atoms with Gasteiger partial charge in [-0.3, -0.25) is 4.57 Å². The Morgan fingerprint density at radius 2 is 2.08 bits per heavy atom. The molecule has 7 heteroatoms. The van der Waals surface area contributed by atoms with E-state index in [2.05, 4.69) is 14.2 Å². The molecule has 0 aliphatic carbocycles. The van der Waals surface area contributed by atoms with Gasteiger partial charge < -0.3 is 14.3 Å². The van der Waals surface area contributed by atoms with Crippen LogP contribution in [0.5, 0.6) is 0 Å². The van der Waals surface area contributed by atoms with E-state index in [1.165, 1.54) is 4.57 Å². The Kier molecular flexibility index (Phi) is 3.96. The lowest BCUT2D eigenvalue weighted by Gasteiger charge is -2.14. The molecule has 1 aromatic carbocycles. The number of furan rings is 1. The molecule has 1 fully saturated rings. The Balaban J connectivity index is 1.73. The van der Waals surface area contributed by atoms with Gasteiger partial charge >= 0.3 is 5.69 Å². The van der Waals surface area contributed by atoms with Crippen LogP contribution in [-0.4, -0.2) is 27.4 Å². The second-order valence-electron chi connectivity index (χ2n) is 5.90. The minimum Gasteiger partial charge on any atom is -0.437 e. The van der Waals surface area contributed by atoms with Gasteiger partial charge in [0.1, 0.15) is 12.0 Å². The second-order valence-corrected chi connectivity index (χ2v) is 6.56. The highest BCUT2D eigenvalue weighted by molar-refractivity contribution is 7.27. The first kappa shape index (κ1) is 15.5. The monoisotopic (exact) mass is 344 g/mol. The number of benzene rings is 1. The largest absolute Gasteiger partial charge is 0.437 e. The van der Waals surface area contributed by atoms with E-state index in [0.717, 1.165) is 22.7 Å². The number of fused-ring (bicyclic) bond motifs is 1. The molecule has 0 saturated carbocycles. The van der Waals surface area contributed by atoms with Gasteiger partial charge in [0.25, 0.3) is 0 Å². The summed E-state index contributed by atoms with van der Waals surface area (Å²) in [7, 11) is 2.64. The number of nitrogens with zero attached hydrogens (tertiary/aromatic N) is 2. The van der Waals surface area contributed by atoms with Crippen LogP contribution in [0.1, 0.15) is 19.1 Å². The Bertz CT molecular complexity index is 932. The van der Waals surface area contributed by atoms with Crippen molar-refractivity contribution in [3.8, 4) is 11.3 Å². The molecule has 0 bridgehead atoms. The van der Waals surface area contributed by atoms with Crippen LogP contribution in [0.4, 0.5) is 0 Å². The average Bonchev–Trinajstić information content (AvgIpc) is 3.20. The van der Waals surface area contributed by atoms with E-state index in [0.29, 0.717) is 17.9 Å². The molecule has 24 heavy (non-hydrogen) atoms. The zero-order valence-corrected chi connectivity index (χ0v) is 14.0. The first-order valence-corrected chi connectivity index (χ1v) is 8.37. The number of rotatable bonds is 3. The first-order chi connectivity index (χ1) is 11.6. The van der Waals surface area contributed by atoms with Crippen molar-refractivity contribution in [3.05, 3.63) is 47.0 Å². The molecular formula is C17H17N2O4P. The smallest absolute Gasteiger partial charge is 0.353 e. The van der Waals surface area contributed by atoms with E-state index in [1.807, 2.05) is 30.3 Å². The molecule has 3 atom stereocenters. The number of hydrogen-bond acceptors (Lipinski definition) is 5. The van der Waals surface area contributed by atoms with Crippen molar-refractivity contribution in [1.82, 2.24) is 9.55 Å². The van der Waals surface area contributed by atoms with Crippen LogP contribution in [0.2, 0.25) is 0 Å². The van der Waals surface area contributed by atoms with Crippen molar-refractivity contribution < 1.29 is 14.3 Å². The van der Waals surface area contributed by atoms with Crippen LogP contribution in [0.25, 0.3) is 22.4 Å². The van der Waals surface area contributed by atoms with Gasteiger partial charge in [0.2, 0.25) is 5.71 Å². The average molecular weight is 344 g/mol. The van der Waals surface area contributed by atoms with E-state index in [1.54, 1.807) is 6.20 Å². The lowest BCUT2D eigenvalue weighted by molar-refractivity contribution is -0.0243. The van der Waals surface area contributed by atoms with E-state index in [9.17, 15) is 9.90 Å². The number of aliphatic hydroxyl groups is 1. The van der Waals surface area contributed by atoms with Crippen LogP contribution < -0.4 is 11.0 Å². The molecule has 1 saturated heterocycles. The van der Waals surface area contributed by atoms with Crippen LogP contribution in [-0.2, 0) is 4.74 Å². The predicted molar refractivity (Wildman–Crippen MR) is 93.3 cm³/mol. The lowest BCUT2D eigenvalue weighted by Crippen LogP contribution is -2.27. The van der Waals surface area contributed by atoms with Gasteiger partial charge in [-0.1, -0.05) is 24.3 Å². The Hall–Kier alpha value is -2.01. The molecule has 2 aromatic heterocycles. The van der Waals surface area contributed by atoms with Crippen molar-refractivity contribution in [2.24, 2.45) is 0 Å². The molecule has 3 aromatic rings. The fraction of sp³-hybridized carbons (Fsp3) is 0.294. The highest BCUT2D eigenvalue weighted by Gasteiger charge is 2.27. The first-order valence-electron chi connectivity index (χ1n) is 7.79. The standard InChI is InChI=1S/C17H17N2O4P/c20-9-12-3-6-15(22-12)19-8-11-7-14(23-16(11)18-17(19)21)10-1-4-13(24)5-2-10/h1-2,4-5,7-8,12,15,20H,3,6,9,24H2/t12-,15+/m0/s1. The summed E-state index contributed by atoms with van der Waals surface area (Å²) in [6.45, 7) is -0.0392. The van der Waals surface area contributed by atoms with Gasteiger partial charge in [-0.05, 0) is 24.2 Å². The van der Waals surface area contributed by atoms with Crippen molar-refractivity contribution in [2.75, 3.05) is 6.61 Å². The van der Waals surface area contributed by atoms with Crippen molar-refractivity contribution in [1.29, 1.82) is 0 Å². The third-order valence-electron chi connectivity index (χ3n) is 4.23. The third-order valence-corrected chi connectivity index (χ3v) is 4.62. The Morgan fingerprint density at radius 3 is 2.79 bits per heavy atom. The van der Waals surface area contributed by atoms with Gasteiger partial charge in [-0.2, -0.15) is 4.98 Å². The summed E-state index contributed by atoms with van der Waals surface area (Å²) in [5.74, 6) is 0.667. The maximum Gasteiger partial charge on any atom is 0.353 e. The van der Waals surface area contributed by atoms with Crippen molar-refractivity contribution >= 4 is 25.6 Å². The summed E-state index contributed by atoms with van der Waals surface area (Å²) in [4.78, 5) is 16.3.